The Morgan fingerprint density at radius 1 is 1.17 bits per heavy atom. The standard InChI is InChI=1S/C16H22N2/c17-16(12-11-14-7-3-1-4-8-14)18-13-15-9-5-2-6-10-15/h2,5-6,9-12,14H,1,3-4,7-8,13H2,(H2,17,18)/b12-11+. The molecule has 0 spiro atoms. The van der Waals surface area contributed by atoms with Crippen molar-refractivity contribution in [2.75, 3.05) is 0 Å². The average molecular weight is 242 g/mol. The number of aliphatic imine (C=N–C) groups is 1. The molecule has 2 rings (SSSR count). The summed E-state index contributed by atoms with van der Waals surface area (Å²) in [4.78, 5) is 4.39. The molecule has 0 unspecified atom stereocenters. The summed E-state index contributed by atoms with van der Waals surface area (Å²) in [5.41, 5.74) is 7.10. The molecule has 1 fully saturated rings. The molecule has 0 atom stereocenters. The summed E-state index contributed by atoms with van der Waals surface area (Å²) in [6.45, 7) is 0.668. The highest BCUT2D eigenvalue weighted by atomic mass is 14.8. The average Bonchev–Trinajstić information content (AvgIpc) is 2.45. The first-order valence-corrected chi connectivity index (χ1v) is 6.86. The first-order valence-electron chi connectivity index (χ1n) is 6.86. The second-order valence-electron chi connectivity index (χ2n) is 4.98. The lowest BCUT2D eigenvalue weighted by Crippen LogP contribution is -2.10. The molecule has 2 heteroatoms. The third kappa shape index (κ3) is 4.36. The number of allylic oxidation sites excluding steroid dienone is 1. The zero-order valence-electron chi connectivity index (χ0n) is 10.9. The minimum Gasteiger partial charge on any atom is -0.384 e. The van der Waals surface area contributed by atoms with Gasteiger partial charge in [-0.15, -0.1) is 0 Å². The van der Waals surface area contributed by atoms with Crippen LogP contribution in [0.25, 0.3) is 0 Å². The van der Waals surface area contributed by atoms with Crippen LogP contribution in [0.2, 0.25) is 0 Å². The zero-order chi connectivity index (χ0) is 12.6. The summed E-state index contributed by atoms with van der Waals surface area (Å²) < 4.78 is 0. The lowest BCUT2D eigenvalue weighted by molar-refractivity contribution is 0.419. The van der Waals surface area contributed by atoms with Crippen LogP contribution in [0.5, 0.6) is 0 Å². The molecule has 1 saturated carbocycles. The Morgan fingerprint density at radius 2 is 1.89 bits per heavy atom. The number of amidine groups is 1. The van der Waals surface area contributed by atoms with E-state index >= 15 is 0 Å². The van der Waals surface area contributed by atoms with Crippen molar-refractivity contribution < 1.29 is 0 Å². The molecule has 0 amide bonds. The molecule has 1 aromatic carbocycles. The highest BCUT2D eigenvalue weighted by molar-refractivity contribution is 5.91. The van der Waals surface area contributed by atoms with E-state index < -0.39 is 0 Å². The van der Waals surface area contributed by atoms with E-state index in [0.717, 1.165) is 0 Å². The largest absolute Gasteiger partial charge is 0.384 e. The van der Waals surface area contributed by atoms with Gasteiger partial charge in [0.1, 0.15) is 5.84 Å². The van der Waals surface area contributed by atoms with Gasteiger partial charge in [0.15, 0.2) is 0 Å². The van der Waals surface area contributed by atoms with Crippen molar-refractivity contribution in [2.45, 2.75) is 38.6 Å². The molecule has 0 aromatic heterocycles. The maximum atomic E-state index is 5.90. The van der Waals surface area contributed by atoms with Gasteiger partial charge in [0.05, 0.1) is 6.54 Å². The van der Waals surface area contributed by atoms with E-state index in [1.165, 1.54) is 37.7 Å². The van der Waals surface area contributed by atoms with E-state index in [4.69, 9.17) is 5.73 Å². The first kappa shape index (κ1) is 12.9. The van der Waals surface area contributed by atoms with Crippen LogP contribution in [0.1, 0.15) is 37.7 Å². The molecular formula is C16H22N2. The molecule has 2 N–H and O–H groups in total. The van der Waals surface area contributed by atoms with Crippen molar-refractivity contribution >= 4 is 5.84 Å². The maximum Gasteiger partial charge on any atom is 0.118 e. The maximum absolute atomic E-state index is 5.90. The van der Waals surface area contributed by atoms with Crippen molar-refractivity contribution in [1.82, 2.24) is 0 Å². The smallest absolute Gasteiger partial charge is 0.118 e. The van der Waals surface area contributed by atoms with Gasteiger partial charge >= 0.3 is 0 Å². The molecule has 1 aromatic rings. The Hall–Kier alpha value is -1.57. The molecular weight excluding hydrogens is 220 g/mol. The van der Waals surface area contributed by atoms with Crippen LogP contribution in [-0.2, 0) is 6.54 Å². The molecule has 0 heterocycles. The SMILES string of the molecule is NC(/C=C/C1CCCCC1)=NCc1ccccc1. The Morgan fingerprint density at radius 3 is 2.61 bits per heavy atom. The fourth-order valence-corrected chi connectivity index (χ4v) is 2.38. The number of hydrogen-bond donors (Lipinski definition) is 1. The highest BCUT2D eigenvalue weighted by Gasteiger charge is 2.09. The van der Waals surface area contributed by atoms with Crippen LogP contribution in [0, 0.1) is 5.92 Å². The van der Waals surface area contributed by atoms with E-state index in [-0.39, 0.29) is 0 Å². The predicted octanol–water partition coefficient (Wildman–Crippen LogP) is 3.68. The molecule has 96 valence electrons. The van der Waals surface area contributed by atoms with Gasteiger partial charge in [-0.1, -0.05) is 55.7 Å². The zero-order valence-corrected chi connectivity index (χ0v) is 10.9. The van der Waals surface area contributed by atoms with Crippen molar-refractivity contribution in [2.24, 2.45) is 16.6 Å². The van der Waals surface area contributed by atoms with Gasteiger partial charge in [0.25, 0.3) is 0 Å². The molecule has 0 saturated heterocycles. The summed E-state index contributed by atoms with van der Waals surface area (Å²) in [5, 5.41) is 0. The Balaban J connectivity index is 1.83. The number of nitrogens with zero attached hydrogens (tertiary/aromatic N) is 1. The minimum atomic E-state index is 0.643. The molecule has 1 aliphatic carbocycles. The molecule has 0 bridgehead atoms. The normalized spacial score (nSPS) is 18.3. The van der Waals surface area contributed by atoms with Gasteiger partial charge < -0.3 is 5.73 Å². The molecule has 0 radical (unpaired) electrons. The van der Waals surface area contributed by atoms with Crippen LogP contribution in [0.15, 0.2) is 47.5 Å². The van der Waals surface area contributed by atoms with E-state index in [1.807, 2.05) is 24.3 Å². The number of hydrogen-bond acceptors (Lipinski definition) is 1. The van der Waals surface area contributed by atoms with Gasteiger partial charge in [-0.3, -0.25) is 4.99 Å². The molecule has 0 aliphatic heterocycles. The van der Waals surface area contributed by atoms with Gasteiger partial charge in [0, 0.05) is 0 Å². The van der Waals surface area contributed by atoms with Crippen LogP contribution in [0.3, 0.4) is 0 Å². The fraction of sp³-hybridized carbons (Fsp3) is 0.438. The Labute approximate surface area is 110 Å². The van der Waals surface area contributed by atoms with E-state index in [1.54, 1.807) is 0 Å². The third-order valence-corrected chi connectivity index (χ3v) is 3.48. The number of benzene rings is 1. The van der Waals surface area contributed by atoms with Gasteiger partial charge in [-0.2, -0.15) is 0 Å². The summed E-state index contributed by atoms with van der Waals surface area (Å²) in [5.74, 6) is 1.36. The minimum absolute atomic E-state index is 0.643. The van der Waals surface area contributed by atoms with E-state index in [2.05, 4.69) is 23.2 Å². The number of nitrogens with two attached hydrogens (primary N) is 1. The van der Waals surface area contributed by atoms with Gasteiger partial charge in [0.2, 0.25) is 0 Å². The summed E-state index contributed by atoms with van der Waals surface area (Å²) in [7, 11) is 0. The van der Waals surface area contributed by atoms with E-state index in [0.29, 0.717) is 18.3 Å². The topological polar surface area (TPSA) is 38.4 Å². The van der Waals surface area contributed by atoms with E-state index in [9.17, 15) is 0 Å². The van der Waals surface area contributed by atoms with Crippen LogP contribution >= 0.6 is 0 Å². The van der Waals surface area contributed by atoms with Crippen LogP contribution < -0.4 is 5.73 Å². The summed E-state index contributed by atoms with van der Waals surface area (Å²) >= 11 is 0. The monoisotopic (exact) mass is 242 g/mol. The summed E-state index contributed by atoms with van der Waals surface area (Å²) in [6, 6.07) is 10.2. The van der Waals surface area contributed by atoms with Gasteiger partial charge in [-0.25, -0.2) is 0 Å². The molecule has 18 heavy (non-hydrogen) atoms. The molecule has 1 aliphatic rings. The second kappa shape index (κ2) is 7.00. The van der Waals surface area contributed by atoms with Crippen LogP contribution in [0.4, 0.5) is 0 Å². The lowest BCUT2D eigenvalue weighted by Gasteiger charge is -2.17. The quantitative estimate of drug-likeness (QED) is 0.635. The fourth-order valence-electron chi connectivity index (χ4n) is 2.38. The lowest BCUT2D eigenvalue weighted by atomic mass is 9.89. The third-order valence-electron chi connectivity index (χ3n) is 3.48. The molecule has 2 nitrogen and oxygen atoms in total. The van der Waals surface area contributed by atoms with Crippen LogP contribution in [-0.4, -0.2) is 5.84 Å². The highest BCUT2D eigenvalue weighted by Crippen LogP contribution is 2.24. The van der Waals surface area contributed by atoms with Crippen molar-refractivity contribution in [3.63, 3.8) is 0 Å². The second-order valence-corrected chi connectivity index (χ2v) is 4.98. The predicted molar refractivity (Wildman–Crippen MR) is 77.5 cm³/mol. The first-order chi connectivity index (χ1) is 8.84. The Bertz CT molecular complexity index is 400. The number of rotatable bonds is 4. The van der Waals surface area contributed by atoms with Gasteiger partial charge in [-0.05, 0) is 30.4 Å². The Kier molecular flexibility index (Phi) is 5.00. The van der Waals surface area contributed by atoms with Crippen molar-refractivity contribution in [3.8, 4) is 0 Å². The van der Waals surface area contributed by atoms with Crippen molar-refractivity contribution in [1.29, 1.82) is 0 Å². The van der Waals surface area contributed by atoms with Crippen molar-refractivity contribution in [3.05, 3.63) is 48.0 Å². The summed E-state index contributed by atoms with van der Waals surface area (Å²) in [6.07, 6.45) is 10.9.